The van der Waals surface area contributed by atoms with Crippen LogP contribution in [0.2, 0.25) is 0 Å². The maximum Gasteiger partial charge on any atom is 0.412 e. The Morgan fingerprint density at radius 3 is 2.56 bits per heavy atom. The number of thiazole rings is 1. The van der Waals surface area contributed by atoms with E-state index in [0.717, 1.165) is 29.5 Å². The normalized spacial score (nSPS) is 17.6. The van der Waals surface area contributed by atoms with Crippen molar-refractivity contribution in [3.8, 4) is 17.3 Å². The lowest BCUT2D eigenvalue weighted by molar-refractivity contribution is -0.120. The number of aromatic nitrogens is 1. The molecule has 43 heavy (non-hydrogen) atoms. The highest BCUT2D eigenvalue weighted by Gasteiger charge is 2.43. The topological polar surface area (TPSA) is 124 Å². The molecule has 1 saturated heterocycles. The number of rotatable bonds is 8. The Hall–Kier alpha value is -4.66. The predicted molar refractivity (Wildman–Crippen MR) is 165 cm³/mol. The molecule has 2 atom stereocenters. The number of hydrogen-bond donors (Lipinski definition) is 2. The van der Waals surface area contributed by atoms with Gasteiger partial charge in [-0.25, -0.2) is 9.78 Å². The molecule has 0 spiro atoms. The van der Waals surface area contributed by atoms with Crippen LogP contribution >= 0.6 is 23.1 Å². The minimum Gasteiger partial charge on any atom is -0.444 e. The molecule has 3 aromatic carbocycles. The number of ether oxygens (including phenoxy) is 1. The van der Waals surface area contributed by atoms with E-state index in [0.29, 0.717) is 27.7 Å². The Labute approximate surface area is 256 Å². The summed E-state index contributed by atoms with van der Waals surface area (Å²) in [6.45, 7) is 0.0665. The van der Waals surface area contributed by atoms with Crippen LogP contribution in [0.1, 0.15) is 45.3 Å². The highest BCUT2D eigenvalue weighted by Crippen LogP contribution is 2.42. The van der Waals surface area contributed by atoms with Crippen molar-refractivity contribution in [3.63, 3.8) is 0 Å². The maximum absolute atomic E-state index is 13.6. The van der Waals surface area contributed by atoms with E-state index in [2.05, 4.69) is 21.7 Å². The van der Waals surface area contributed by atoms with Crippen molar-refractivity contribution in [2.24, 2.45) is 0 Å². The Bertz CT molecular complexity index is 1680. The largest absolute Gasteiger partial charge is 0.444 e. The van der Waals surface area contributed by atoms with Gasteiger partial charge in [0.15, 0.2) is 5.13 Å². The van der Waals surface area contributed by atoms with Crippen LogP contribution in [0.5, 0.6) is 0 Å². The Morgan fingerprint density at radius 1 is 1.02 bits per heavy atom. The van der Waals surface area contributed by atoms with Crippen LogP contribution in [0.25, 0.3) is 11.3 Å². The van der Waals surface area contributed by atoms with E-state index < -0.39 is 17.5 Å². The number of benzene rings is 3. The lowest BCUT2D eigenvalue weighted by Crippen LogP contribution is -2.45. The number of hydrogen-bond acceptors (Lipinski definition) is 8. The molecule has 3 amide bonds. The van der Waals surface area contributed by atoms with E-state index >= 15 is 0 Å². The summed E-state index contributed by atoms with van der Waals surface area (Å²) in [5.74, 6) is -0.119. The first-order valence-electron chi connectivity index (χ1n) is 13.8. The number of amides is 3. The van der Waals surface area contributed by atoms with Crippen LogP contribution in [0, 0.1) is 11.3 Å². The first kappa shape index (κ1) is 28.5. The van der Waals surface area contributed by atoms with E-state index in [1.54, 1.807) is 30.3 Å². The number of carbonyl (C=O) groups excluding carboxylic acids is 3. The monoisotopic (exact) mass is 609 g/mol. The van der Waals surface area contributed by atoms with Crippen LogP contribution in [-0.4, -0.2) is 45.6 Å². The van der Waals surface area contributed by atoms with Gasteiger partial charge in [0, 0.05) is 28.3 Å². The molecule has 2 N–H and O–H groups in total. The average Bonchev–Trinajstić information content (AvgIpc) is 3.54. The van der Waals surface area contributed by atoms with E-state index in [4.69, 9.17) is 4.74 Å². The zero-order valence-corrected chi connectivity index (χ0v) is 24.6. The molecule has 2 unspecified atom stereocenters. The molecular weight excluding hydrogens is 583 g/mol. The summed E-state index contributed by atoms with van der Waals surface area (Å²) in [7, 11) is 0. The lowest BCUT2D eigenvalue weighted by Gasteiger charge is -2.28. The number of carbonyl (C=O) groups is 3. The molecule has 1 saturated carbocycles. The summed E-state index contributed by atoms with van der Waals surface area (Å²) in [6, 6.07) is 25.2. The highest BCUT2D eigenvalue weighted by atomic mass is 32.2. The van der Waals surface area contributed by atoms with Crippen molar-refractivity contribution in [1.82, 2.24) is 15.2 Å². The van der Waals surface area contributed by atoms with Crippen molar-refractivity contribution in [2.45, 2.75) is 36.9 Å². The second kappa shape index (κ2) is 12.7. The van der Waals surface area contributed by atoms with Crippen LogP contribution in [0.3, 0.4) is 0 Å². The first-order chi connectivity index (χ1) is 21.0. The van der Waals surface area contributed by atoms with E-state index in [1.807, 2.05) is 53.9 Å². The zero-order valence-electron chi connectivity index (χ0n) is 22.9. The summed E-state index contributed by atoms with van der Waals surface area (Å²) < 4.78 is 5.65. The van der Waals surface area contributed by atoms with Gasteiger partial charge in [0.25, 0.3) is 5.91 Å². The first-order valence-corrected chi connectivity index (χ1v) is 15.7. The number of nitrogens with zero attached hydrogens (tertiary/aromatic N) is 3. The average molecular weight is 610 g/mol. The fourth-order valence-corrected chi connectivity index (χ4v) is 6.82. The van der Waals surface area contributed by atoms with Gasteiger partial charge < -0.3 is 15.4 Å². The fraction of sp³-hybridized carbons (Fsp3) is 0.219. The molecule has 2 heterocycles. The van der Waals surface area contributed by atoms with E-state index in [9.17, 15) is 19.6 Å². The predicted octanol–water partition coefficient (Wildman–Crippen LogP) is 5.97. The molecule has 1 aliphatic heterocycles. The van der Waals surface area contributed by atoms with Gasteiger partial charge in [-0.15, -0.1) is 23.1 Å². The smallest absolute Gasteiger partial charge is 0.412 e. The SMILES string of the molecule is N#Cc1cccc(C2SCC(C(=O)Nc3nc(-c4ccc(C(=O)NC5CC5)cc4)cs3)N2C(=O)OCc2ccccc2)c1. The van der Waals surface area contributed by atoms with Crippen molar-refractivity contribution < 1.29 is 19.1 Å². The van der Waals surface area contributed by atoms with Crippen molar-refractivity contribution in [2.75, 3.05) is 11.1 Å². The van der Waals surface area contributed by atoms with Gasteiger partial charge >= 0.3 is 6.09 Å². The fourth-order valence-electron chi connectivity index (χ4n) is 4.69. The molecule has 2 fully saturated rings. The Morgan fingerprint density at radius 2 is 1.81 bits per heavy atom. The molecular formula is C32H27N5O4S2. The molecule has 9 nitrogen and oxygen atoms in total. The summed E-state index contributed by atoms with van der Waals surface area (Å²) in [5.41, 5.74) is 4.11. The molecule has 1 aromatic heterocycles. The van der Waals surface area contributed by atoms with Gasteiger partial charge in [0.2, 0.25) is 5.91 Å². The number of nitriles is 1. The molecule has 0 radical (unpaired) electrons. The minimum absolute atomic E-state index is 0.0665. The van der Waals surface area contributed by atoms with Gasteiger partial charge in [-0.3, -0.25) is 14.5 Å². The Kier molecular flexibility index (Phi) is 8.40. The third kappa shape index (κ3) is 6.71. The van der Waals surface area contributed by atoms with Crippen LogP contribution in [-0.2, 0) is 16.1 Å². The number of anilines is 1. The van der Waals surface area contributed by atoms with Gasteiger partial charge in [-0.2, -0.15) is 5.26 Å². The number of thioether (sulfide) groups is 1. The van der Waals surface area contributed by atoms with Crippen molar-refractivity contribution >= 4 is 46.1 Å². The molecule has 1 aliphatic carbocycles. The third-order valence-electron chi connectivity index (χ3n) is 7.11. The quantitative estimate of drug-likeness (QED) is 0.252. The second-order valence-electron chi connectivity index (χ2n) is 10.2. The lowest BCUT2D eigenvalue weighted by atomic mass is 10.1. The molecule has 216 valence electrons. The van der Waals surface area contributed by atoms with E-state index in [-0.39, 0.29) is 24.5 Å². The Balaban J connectivity index is 1.17. The molecule has 2 aliphatic rings. The summed E-state index contributed by atoms with van der Waals surface area (Å²) in [4.78, 5) is 45.3. The van der Waals surface area contributed by atoms with Gasteiger partial charge in [0.05, 0.1) is 17.3 Å². The van der Waals surface area contributed by atoms with Gasteiger partial charge in [-0.1, -0.05) is 54.6 Å². The standard InChI is InChI=1S/C32H27N5O4S2/c33-16-21-7-4-8-24(15-21)30-37(32(40)41-17-20-5-2-1-3-6-20)27(19-42-30)29(39)36-31-35-26(18-43-31)22-9-11-23(12-10-22)28(38)34-25-13-14-25/h1-12,15,18,25,27,30H,13-14,17,19H2,(H,34,38)(H,35,36,39). The third-order valence-corrected chi connectivity index (χ3v) is 9.19. The van der Waals surface area contributed by atoms with E-state index in [1.165, 1.54) is 28.0 Å². The van der Waals surface area contributed by atoms with Crippen LogP contribution < -0.4 is 10.6 Å². The minimum atomic E-state index is -0.819. The van der Waals surface area contributed by atoms with Gasteiger partial charge in [-0.05, 0) is 48.2 Å². The van der Waals surface area contributed by atoms with Gasteiger partial charge in [0.1, 0.15) is 18.0 Å². The second-order valence-corrected chi connectivity index (χ2v) is 12.2. The molecule has 6 rings (SSSR count). The van der Waals surface area contributed by atoms with Crippen molar-refractivity contribution in [1.29, 1.82) is 5.26 Å². The maximum atomic E-state index is 13.6. The molecule has 4 aromatic rings. The zero-order chi connectivity index (χ0) is 29.8. The molecule has 0 bridgehead atoms. The van der Waals surface area contributed by atoms with Crippen molar-refractivity contribution in [3.05, 3.63) is 106 Å². The summed E-state index contributed by atoms with van der Waals surface area (Å²) >= 11 is 2.72. The summed E-state index contributed by atoms with van der Waals surface area (Å²) in [5, 5.41) is 17.0. The highest BCUT2D eigenvalue weighted by molar-refractivity contribution is 7.99. The summed E-state index contributed by atoms with van der Waals surface area (Å²) in [6.07, 6.45) is 1.43. The number of nitrogens with one attached hydrogen (secondary N) is 2. The van der Waals surface area contributed by atoms with Crippen LogP contribution in [0.4, 0.5) is 9.93 Å². The van der Waals surface area contributed by atoms with Crippen LogP contribution in [0.15, 0.2) is 84.2 Å². The molecule has 11 heteroatoms.